The summed E-state index contributed by atoms with van der Waals surface area (Å²) in [6.45, 7) is 1.29. The van der Waals surface area contributed by atoms with Gasteiger partial charge in [-0.05, 0) is 30.4 Å². The number of nitrogens with zero attached hydrogens (tertiary/aromatic N) is 1. The summed E-state index contributed by atoms with van der Waals surface area (Å²) in [5.41, 5.74) is 0.363. The van der Waals surface area contributed by atoms with Crippen LogP contribution in [0.1, 0.15) is 13.3 Å². The molecule has 1 aromatic carbocycles. The third-order valence-corrected chi connectivity index (χ3v) is 4.83. The summed E-state index contributed by atoms with van der Waals surface area (Å²) < 4.78 is 5.15. The molecule has 1 aromatic rings. The molecule has 4 atom stereocenters. The van der Waals surface area contributed by atoms with E-state index < -0.39 is 5.97 Å². The molecule has 4 rings (SSSR count). The number of ether oxygens (including phenoxy) is 1. The number of benzene rings is 1. The molecule has 22 heavy (non-hydrogen) atoms. The predicted molar refractivity (Wildman–Crippen MR) is 78.0 cm³/mol. The molecule has 2 bridgehead atoms. The van der Waals surface area contributed by atoms with Crippen LogP contribution in [-0.4, -0.2) is 17.8 Å². The average Bonchev–Trinajstić information content (AvgIpc) is 3.14. The highest BCUT2D eigenvalue weighted by Gasteiger charge is 2.59. The lowest BCUT2D eigenvalue weighted by Gasteiger charge is -2.19. The second kappa shape index (κ2) is 4.53. The Bertz CT molecular complexity index is 693. The van der Waals surface area contributed by atoms with E-state index in [4.69, 9.17) is 4.74 Å². The van der Waals surface area contributed by atoms with Gasteiger partial charge in [0.15, 0.2) is 5.75 Å². The van der Waals surface area contributed by atoms with Gasteiger partial charge in [0.1, 0.15) is 0 Å². The molecule has 2 amide bonds. The summed E-state index contributed by atoms with van der Waals surface area (Å²) in [6, 6.07) is 6.67. The molecule has 1 aliphatic heterocycles. The van der Waals surface area contributed by atoms with Gasteiger partial charge in [0.25, 0.3) is 0 Å². The van der Waals surface area contributed by atoms with E-state index in [0.717, 1.165) is 6.42 Å². The Kier molecular flexibility index (Phi) is 2.73. The maximum atomic E-state index is 12.8. The van der Waals surface area contributed by atoms with E-state index in [-0.39, 0.29) is 41.2 Å². The van der Waals surface area contributed by atoms with Crippen LogP contribution in [0.4, 0.5) is 5.69 Å². The van der Waals surface area contributed by atoms with Gasteiger partial charge in [0.05, 0.1) is 17.5 Å². The molecule has 1 saturated carbocycles. The first-order valence-corrected chi connectivity index (χ1v) is 7.41. The highest BCUT2D eigenvalue weighted by molar-refractivity contribution is 6.23. The summed E-state index contributed by atoms with van der Waals surface area (Å²) in [5, 5.41) is 0. The zero-order chi connectivity index (χ0) is 15.4. The Morgan fingerprint density at radius 2 is 1.68 bits per heavy atom. The van der Waals surface area contributed by atoms with E-state index in [1.807, 2.05) is 0 Å². The maximum Gasteiger partial charge on any atom is 0.308 e. The topological polar surface area (TPSA) is 63.7 Å². The Morgan fingerprint density at radius 3 is 2.27 bits per heavy atom. The predicted octanol–water partition coefficient (Wildman–Crippen LogP) is 1.92. The molecule has 5 nitrogen and oxygen atoms in total. The molecule has 0 spiro atoms. The molecule has 2 aliphatic carbocycles. The number of rotatable bonds is 2. The number of imide groups is 1. The normalized spacial score (nSPS) is 31.8. The van der Waals surface area contributed by atoms with Crippen molar-refractivity contribution in [2.75, 3.05) is 4.90 Å². The minimum atomic E-state index is -0.478. The SMILES string of the molecule is CC(=O)Oc1ccccc1N1C(=O)[C@@H]2[C@H](C1=O)[C@H]1C=C[C@@H]2C1. The molecular formula is C17H15NO4. The molecule has 3 aliphatic rings. The van der Waals surface area contributed by atoms with E-state index in [1.54, 1.807) is 24.3 Å². The summed E-state index contributed by atoms with van der Waals surface area (Å²) >= 11 is 0. The fourth-order valence-electron chi connectivity index (χ4n) is 4.02. The quantitative estimate of drug-likeness (QED) is 0.362. The number of esters is 1. The van der Waals surface area contributed by atoms with E-state index >= 15 is 0 Å². The van der Waals surface area contributed by atoms with Crippen LogP contribution in [0.5, 0.6) is 5.75 Å². The number of fused-ring (bicyclic) bond motifs is 5. The van der Waals surface area contributed by atoms with Gasteiger partial charge in [-0.2, -0.15) is 0 Å². The first-order chi connectivity index (χ1) is 10.6. The number of para-hydroxylation sites is 2. The molecule has 0 aromatic heterocycles. The lowest BCUT2D eigenvalue weighted by Crippen LogP contribution is -2.33. The Balaban J connectivity index is 1.74. The molecule has 0 N–H and O–H groups in total. The standard InChI is InChI=1S/C17H15NO4/c1-9(19)22-13-5-3-2-4-12(13)18-16(20)14-10-6-7-11(8-10)15(14)17(18)21/h2-7,10-11,14-15H,8H2,1H3/t10-,11+,14+,15-. The first kappa shape index (κ1) is 13.2. The highest BCUT2D eigenvalue weighted by Crippen LogP contribution is 2.53. The van der Waals surface area contributed by atoms with Gasteiger partial charge in [0.2, 0.25) is 11.8 Å². The Labute approximate surface area is 127 Å². The van der Waals surface area contributed by atoms with Crippen molar-refractivity contribution in [1.82, 2.24) is 0 Å². The van der Waals surface area contributed by atoms with Crippen LogP contribution in [0.2, 0.25) is 0 Å². The van der Waals surface area contributed by atoms with Crippen LogP contribution >= 0.6 is 0 Å². The number of allylic oxidation sites excluding steroid dienone is 2. The molecule has 0 unspecified atom stereocenters. The van der Waals surface area contributed by atoms with Crippen molar-refractivity contribution in [3.8, 4) is 5.75 Å². The molecule has 2 fully saturated rings. The van der Waals surface area contributed by atoms with E-state index in [2.05, 4.69) is 12.2 Å². The number of carbonyl (C=O) groups is 3. The van der Waals surface area contributed by atoms with Gasteiger partial charge in [-0.3, -0.25) is 14.4 Å². The van der Waals surface area contributed by atoms with Crippen molar-refractivity contribution >= 4 is 23.5 Å². The van der Waals surface area contributed by atoms with Gasteiger partial charge in [0, 0.05) is 6.92 Å². The molecule has 1 saturated heterocycles. The van der Waals surface area contributed by atoms with Crippen molar-refractivity contribution in [2.24, 2.45) is 23.7 Å². The van der Waals surface area contributed by atoms with Crippen LogP contribution in [0, 0.1) is 23.7 Å². The second-order valence-corrected chi connectivity index (χ2v) is 6.07. The lowest BCUT2D eigenvalue weighted by atomic mass is 9.85. The van der Waals surface area contributed by atoms with Crippen molar-refractivity contribution < 1.29 is 19.1 Å². The summed E-state index contributed by atoms with van der Waals surface area (Å²) in [7, 11) is 0. The molecular weight excluding hydrogens is 282 g/mol. The minimum Gasteiger partial charge on any atom is -0.424 e. The van der Waals surface area contributed by atoms with Crippen molar-refractivity contribution in [1.29, 1.82) is 0 Å². The summed E-state index contributed by atoms with van der Waals surface area (Å²) in [4.78, 5) is 38.0. The second-order valence-electron chi connectivity index (χ2n) is 6.07. The van der Waals surface area contributed by atoms with Gasteiger partial charge in [-0.1, -0.05) is 24.3 Å². The van der Waals surface area contributed by atoms with Crippen LogP contribution in [0.25, 0.3) is 0 Å². The minimum absolute atomic E-state index is 0.164. The fourth-order valence-corrected chi connectivity index (χ4v) is 4.02. The Hall–Kier alpha value is -2.43. The van der Waals surface area contributed by atoms with Crippen LogP contribution in [-0.2, 0) is 14.4 Å². The van der Waals surface area contributed by atoms with Crippen molar-refractivity contribution in [3.63, 3.8) is 0 Å². The van der Waals surface area contributed by atoms with Crippen LogP contribution in [0.3, 0.4) is 0 Å². The monoisotopic (exact) mass is 297 g/mol. The fraction of sp³-hybridized carbons (Fsp3) is 0.353. The molecule has 5 heteroatoms. The van der Waals surface area contributed by atoms with Gasteiger partial charge in [-0.15, -0.1) is 0 Å². The average molecular weight is 297 g/mol. The number of hydrogen-bond acceptors (Lipinski definition) is 4. The number of amides is 2. The maximum absolute atomic E-state index is 12.8. The molecule has 1 heterocycles. The van der Waals surface area contributed by atoms with Gasteiger partial charge < -0.3 is 4.74 Å². The highest BCUT2D eigenvalue weighted by atomic mass is 16.5. The zero-order valence-corrected chi connectivity index (χ0v) is 12.1. The smallest absolute Gasteiger partial charge is 0.308 e. The van der Waals surface area contributed by atoms with Crippen molar-refractivity contribution in [2.45, 2.75) is 13.3 Å². The zero-order valence-electron chi connectivity index (χ0n) is 12.1. The van der Waals surface area contributed by atoms with E-state index in [1.165, 1.54) is 11.8 Å². The lowest BCUT2D eigenvalue weighted by molar-refractivity contribution is -0.132. The van der Waals surface area contributed by atoms with Gasteiger partial charge >= 0.3 is 5.97 Å². The third-order valence-electron chi connectivity index (χ3n) is 4.83. The van der Waals surface area contributed by atoms with E-state index in [9.17, 15) is 14.4 Å². The number of anilines is 1. The van der Waals surface area contributed by atoms with Crippen LogP contribution in [0.15, 0.2) is 36.4 Å². The molecule has 0 radical (unpaired) electrons. The van der Waals surface area contributed by atoms with E-state index in [0.29, 0.717) is 5.69 Å². The summed E-state index contributed by atoms with van der Waals surface area (Å²) in [6.07, 6.45) is 5.00. The summed E-state index contributed by atoms with van der Waals surface area (Å²) in [5.74, 6) is -0.765. The molecule has 112 valence electrons. The van der Waals surface area contributed by atoms with Gasteiger partial charge in [-0.25, -0.2) is 4.90 Å². The van der Waals surface area contributed by atoms with Crippen LogP contribution < -0.4 is 9.64 Å². The largest absolute Gasteiger partial charge is 0.424 e. The van der Waals surface area contributed by atoms with Crippen molar-refractivity contribution in [3.05, 3.63) is 36.4 Å². The Morgan fingerprint density at radius 1 is 1.09 bits per heavy atom. The third kappa shape index (κ3) is 1.68. The number of hydrogen-bond donors (Lipinski definition) is 0. The number of carbonyl (C=O) groups excluding carboxylic acids is 3. The first-order valence-electron chi connectivity index (χ1n) is 7.41.